The van der Waals surface area contributed by atoms with Gasteiger partial charge in [0.15, 0.2) is 0 Å². The van der Waals surface area contributed by atoms with Crippen molar-refractivity contribution < 1.29 is 9.18 Å². The number of anilines is 1. The number of hydrogen-bond acceptors (Lipinski definition) is 3. The van der Waals surface area contributed by atoms with Gasteiger partial charge in [-0.05, 0) is 50.6 Å². The van der Waals surface area contributed by atoms with Gasteiger partial charge in [0, 0.05) is 11.7 Å². The molecule has 1 heterocycles. The fraction of sp³-hybridized carbons (Fsp3) is 0.462. The van der Waals surface area contributed by atoms with Crippen LogP contribution in [-0.2, 0) is 0 Å². The van der Waals surface area contributed by atoms with E-state index in [4.69, 9.17) is 5.73 Å². The summed E-state index contributed by atoms with van der Waals surface area (Å²) in [5.41, 5.74) is 5.81. The van der Waals surface area contributed by atoms with Crippen molar-refractivity contribution >= 4 is 11.6 Å². The third-order valence-electron chi connectivity index (χ3n) is 3.18. The minimum absolute atomic E-state index is 0.0632. The molecule has 1 aromatic rings. The number of benzene rings is 1. The summed E-state index contributed by atoms with van der Waals surface area (Å²) < 4.78 is 13.3. The Bertz CT molecular complexity index is 428. The summed E-state index contributed by atoms with van der Waals surface area (Å²) in [7, 11) is 0. The Morgan fingerprint density at radius 3 is 3.00 bits per heavy atom. The number of nitrogens with two attached hydrogens (primary N) is 1. The second-order valence-electron chi connectivity index (χ2n) is 4.58. The van der Waals surface area contributed by atoms with Crippen LogP contribution >= 0.6 is 0 Å². The lowest BCUT2D eigenvalue weighted by molar-refractivity contribution is 0.0996. The fourth-order valence-corrected chi connectivity index (χ4v) is 2.20. The van der Waals surface area contributed by atoms with Gasteiger partial charge in [0.05, 0.1) is 5.56 Å². The topological polar surface area (TPSA) is 67.2 Å². The maximum atomic E-state index is 13.3. The molecule has 18 heavy (non-hydrogen) atoms. The highest BCUT2D eigenvalue weighted by molar-refractivity contribution is 5.94. The Labute approximate surface area is 106 Å². The Morgan fingerprint density at radius 1 is 1.39 bits per heavy atom. The molecule has 1 unspecified atom stereocenters. The highest BCUT2D eigenvalue weighted by Gasteiger charge is 2.13. The van der Waals surface area contributed by atoms with E-state index in [1.807, 2.05) is 0 Å². The predicted octanol–water partition coefficient (Wildman–Crippen LogP) is 1.48. The first-order valence-electron chi connectivity index (χ1n) is 6.23. The van der Waals surface area contributed by atoms with Gasteiger partial charge in [0.1, 0.15) is 5.82 Å². The molecule has 98 valence electrons. The Hall–Kier alpha value is -1.62. The third-order valence-corrected chi connectivity index (χ3v) is 3.18. The second-order valence-corrected chi connectivity index (χ2v) is 4.58. The van der Waals surface area contributed by atoms with Crippen molar-refractivity contribution in [1.82, 2.24) is 5.32 Å². The molecule has 1 fully saturated rings. The molecule has 1 atom stereocenters. The van der Waals surface area contributed by atoms with Crippen molar-refractivity contribution in [3.63, 3.8) is 0 Å². The van der Waals surface area contributed by atoms with Crippen molar-refractivity contribution in [2.45, 2.75) is 25.3 Å². The number of rotatable bonds is 3. The van der Waals surface area contributed by atoms with Crippen molar-refractivity contribution in [2.24, 2.45) is 5.73 Å². The van der Waals surface area contributed by atoms with Gasteiger partial charge in [-0.3, -0.25) is 4.79 Å². The molecule has 2 rings (SSSR count). The number of hydrogen-bond donors (Lipinski definition) is 3. The molecule has 4 nitrogen and oxygen atoms in total. The zero-order valence-corrected chi connectivity index (χ0v) is 10.2. The summed E-state index contributed by atoms with van der Waals surface area (Å²) in [5.74, 6) is -1.31. The minimum Gasteiger partial charge on any atom is -0.382 e. The SMILES string of the molecule is NC(=O)c1cc(NC2CCCNCC2)ccc1F. The van der Waals surface area contributed by atoms with E-state index in [0.29, 0.717) is 6.04 Å². The van der Waals surface area contributed by atoms with Gasteiger partial charge >= 0.3 is 0 Å². The number of halogens is 1. The molecule has 1 aliphatic heterocycles. The molecule has 0 bridgehead atoms. The standard InChI is InChI=1S/C13H18FN3O/c14-12-4-3-10(8-11(12)13(15)18)17-9-2-1-6-16-7-5-9/h3-4,8-9,16-17H,1-2,5-7H2,(H2,15,18). The van der Waals surface area contributed by atoms with Crippen LogP contribution in [0, 0.1) is 5.82 Å². The van der Waals surface area contributed by atoms with E-state index in [0.717, 1.165) is 38.0 Å². The molecule has 1 amide bonds. The van der Waals surface area contributed by atoms with Crippen LogP contribution in [0.15, 0.2) is 18.2 Å². The van der Waals surface area contributed by atoms with Gasteiger partial charge in [0.2, 0.25) is 0 Å². The summed E-state index contributed by atoms with van der Waals surface area (Å²) in [4.78, 5) is 11.1. The third kappa shape index (κ3) is 3.20. The average molecular weight is 251 g/mol. The molecule has 0 spiro atoms. The molecule has 0 radical (unpaired) electrons. The highest BCUT2D eigenvalue weighted by atomic mass is 19.1. The fourth-order valence-electron chi connectivity index (χ4n) is 2.20. The maximum Gasteiger partial charge on any atom is 0.251 e. The quantitative estimate of drug-likeness (QED) is 0.762. The maximum absolute atomic E-state index is 13.3. The van der Waals surface area contributed by atoms with E-state index in [-0.39, 0.29) is 5.56 Å². The largest absolute Gasteiger partial charge is 0.382 e. The molecule has 0 aromatic heterocycles. The summed E-state index contributed by atoms with van der Waals surface area (Å²) >= 11 is 0. The molecule has 1 aliphatic rings. The normalized spacial score (nSPS) is 20.2. The molecule has 1 saturated heterocycles. The van der Waals surface area contributed by atoms with E-state index in [9.17, 15) is 9.18 Å². The Balaban J connectivity index is 2.08. The summed E-state index contributed by atoms with van der Waals surface area (Å²) in [6.07, 6.45) is 3.20. The molecule has 4 N–H and O–H groups in total. The van der Waals surface area contributed by atoms with Gasteiger partial charge in [-0.15, -0.1) is 0 Å². The number of carbonyl (C=O) groups excluding carboxylic acids is 1. The van der Waals surface area contributed by atoms with Crippen molar-refractivity contribution in [1.29, 1.82) is 0 Å². The van der Waals surface area contributed by atoms with Crippen LogP contribution in [0.4, 0.5) is 10.1 Å². The van der Waals surface area contributed by atoms with Crippen LogP contribution < -0.4 is 16.4 Å². The lowest BCUT2D eigenvalue weighted by Crippen LogP contribution is -2.22. The van der Waals surface area contributed by atoms with Crippen molar-refractivity contribution in [3.05, 3.63) is 29.6 Å². The zero-order valence-electron chi connectivity index (χ0n) is 10.2. The molecule has 0 saturated carbocycles. The first-order chi connectivity index (χ1) is 8.66. The smallest absolute Gasteiger partial charge is 0.251 e. The number of amides is 1. The van der Waals surface area contributed by atoms with Gasteiger partial charge in [0.25, 0.3) is 5.91 Å². The highest BCUT2D eigenvalue weighted by Crippen LogP contribution is 2.18. The average Bonchev–Trinajstić information content (AvgIpc) is 2.60. The van der Waals surface area contributed by atoms with E-state index in [2.05, 4.69) is 10.6 Å². The van der Waals surface area contributed by atoms with Crippen molar-refractivity contribution in [2.75, 3.05) is 18.4 Å². The number of primary amides is 1. The molecular formula is C13H18FN3O. The first kappa shape index (κ1) is 12.8. The predicted molar refractivity (Wildman–Crippen MR) is 69.0 cm³/mol. The van der Waals surface area contributed by atoms with E-state index < -0.39 is 11.7 Å². The van der Waals surface area contributed by atoms with Gasteiger partial charge in [-0.2, -0.15) is 0 Å². The minimum atomic E-state index is -0.737. The lowest BCUT2D eigenvalue weighted by Gasteiger charge is -2.17. The molecule has 5 heteroatoms. The van der Waals surface area contributed by atoms with Crippen LogP contribution in [0.25, 0.3) is 0 Å². The van der Waals surface area contributed by atoms with Gasteiger partial charge in [-0.25, -0.2) is 4.39 Å². The van der Waals surface area contributed by atoms with Crippen LogP contribution in [0.1, 0.15) is 29.6 Å². The van der Waals surface area contributed by atoms with Gasteiger partial charge in [-0.1, -0.05) is 0 Å². The molecule has 0 aliphatic carbocycles. The first-order valence-corrected chi connectivity index (χ1v) is 6.23. The van der Waals surface area contributed by atoms with Crippen LogP contribution in [0.5, 0.6) is 0 Å². The van der Waals surface area contributed by atoms with Crippen LogP contribution in [0.3, 0.4) is 0 Å². The molecular weight excluding hydrogens is 233 g/mol. The van der Waals surface area contributed by atoms with Crippen LogP contribution in [0.2, 0.25) is 0 Å². The Morgan fingerprint density at radius 2 is 2.22 bits per heavy atom. The zero-order chi connectivity index (χ0) is 13.0. The summed E-state index contributed by atoms with van der Waals surface area (Å²) in [6.45, 7) is 2.01. The number of nitrogens with one attached hydrogen (secondary N) is 2. The summed E-state index contributed by atoms with van der Waals surface area (Å²) in [6, 6.07) is 4.75. The molecule has 1 aromatic carbocycles. The van der Waals surface area contributed by atoms with Gasteiger partial charge < -0.3 is 16.4 Å². The summed E-state index contributed by atoms with van der Waals surface area (Å²) in [5, 5.41) is 6.66. The van der Waals surface area contributed by atoms with Crippen molar-refractivity contribution in [3.8, 4) is 0 Å². The second kappa shape index (κ2) is 5.82. The van der Waals surface area contributed by atoms with E-state index in [1.54, 1.807) is 6.07 Å². The van der Waals surface area contributed by atoms with E-state index >= 15 is 0 Å². The lowest BCUT2D eigenvalue weighted by atomic mass is 10.1. The van der Waals surface area contributed by atoms with E-state index in [1.165, 1.54) is 12.1 Å². The monoisotopic (exact) mass is 251 g/mol. The Kier molecular flexibility index (Phi) is 4.15. The number of carbonyl (C=O) groups is 1. The van der Waals surface area contributed by atoms with Crippen LogP contribution in [-0.4, -0.2) is 25.0 Å².